The van der Waals surface area contributed by atoms with Crippen molar-refractivity contribution in [3.05, 3.63) is 29.8 Å². The molecule has 2 bridgehead atoms. The Morgan fingerprint density at radius 1 is 1.21 bits per heavy atom. The van der Waals surface area contributed by atoms with Crippen LogP contribution in [-0.4, -0.2) is 20.0 Å². The Hall–Kier alpha value is -1.36. The molecule has 5 heteroatoms. The first-order valence-corrected chi connectivity index (χ1v) is 10.4. The highest BCUT2D eigenvalue weighted by Crippen LogP contribution is 2.64. The predicted octanol–water partition coefficient (Wildman–Crippen LogP) is 3.95. The standard InChI is InChI=1S/C19H27NO3S/c1-13(2)14-5-7-16(8-6-14)20-24(22,23)12-19-10-9-15(11-17(19)21)18(19,3)4/h5-8,13,15,20H,9-12H2,1-4H3. The van der Waals surface area contributed by atoms with Crippen LogP contribution < -0.4 is 4.72 Å². The van der Waals surface area contributed by atoms with E-state index < -0.39 is 15.4 Å². The average Bonchev–Trinajstić information content (AvgIpc) is 2.81. The van der Waals surface area contributed by atoms with Crippen molar-refractivity contribution >= 4 is 21.5 Å². The van der Waals surface area contributed by atoms with E-state index >= 15 is 0 Å². The van der Waals surface area contributed by atoms with Crippen molar-refractivity contribution in [3.8, 4) is 0 Å². The van der Waals surface area contributed by atoms with Crippen LogP contribution in [0.25, 0.3) is 0 Å². The third-order valence-corrected chi connectivity index (χ3v) is 7.85. The number of anilines is 1. The maximum absolute atomic E-state index is 12.7. The topological polar surface area (TPSA) is 63.2 Å². The lowest BCUT2D eigenvalue weighted by Gasteiger charge is -2.36. The molecular weight excluding hydrogens is 322 g/mol. The van der Waals surface area contributed by atoms with E-state index in [0.717, 1.165) is 6.42 Å². The second kappa shape index (κ2) is 5.58. The SMILES string of the molecule is CC(C)c1ccc(NS(=O)(=O)CC23CCC(CC2=O)C3(C)C)cc1. The number of rotatable bonds is 5. The van der Waals surface area contributed by atoms with E-state index in [9.17, 15) is 13.2 Å². The van der Waals surface area contributed by atoms with Crippen LogP contribution >= 0.6 is 0 Å². The second-order valence-corrected chi connectivity index (χ2v) is 10.0. The van der Waals surface area contributed by atoms with Gasteiger partial charge in [-0.05, 0) is 47.8 Å². The van der Waals surface area contributed by atoms with E-state index in [1.807, 2.05) is 12.1 Å². The number of benzene rings is 1. The van der Waals surface area contributed by atoms with E-state index in [4.69, 9.17) is 0 Å². The smallest absolute Gasteiger partial charge is 0.233 e. The molecule has 2 saturated carbocycles. The lowest BCUT2D eigenvalue weighted by atomic mass is 9.70. The average molecular weight is 349 g/mol. The molecule has 4 nitrogen and oxygen atoms in total. The minimum atomic E-state index is -3.57. The number of ketones is 1. The summed E-state index contributed by atoms with van der Waals surface area (Å²) in [4.78, 5) is 12.5. The number of hydrogen-bond acceptors (Lipinski definition) is 3. The third-order valence-electron chi connectivity index (χ3n) is 6.43. The number of fused-ring (bicyclic) bond motifs is 2. The summed E-state index contributed by atoms with van der Waals surface area (Å²) in [6.45, 7) is 8.32. The fourth-order valence-corrected chi connectivity index (χ4v) is 6.48. The third kappa shape index (κ3) is 2.67. The Morgan fingerprint density at radius 2 is 1.83 bits per heavy atom. The molecule has 2 aliphatic carbocycles. The van der Waals surface area contributed by atoms with Crippen molar-refractivity contribution in [1.29, 1.82) is 0 Å². The molecule has 2 unspecified atom stereocenters. The van der Waals surface area contributed by atoms with E-state index in [-0.39, 0.29) is 17.0 Å². The summed E-state index contributed by atoms with van der Waals surface area (Å²) < 4.78 is 28.1. The van der Waals surface area contributed by atoms with Crippen LogP contribution in [0.1, 0.15) is 58.4 Å². The summed E-state index contributed by atoms with van der Waals surface area (Å²) in [5.41, 5.74) is 0.776. The van der Waals surface area contributed by atoms with Crippen LogP contribution in [0.3, 0.4) is 0 Å². The van der Waals surface area contributed by atoms with Crippen LogP contribution in [-0.2, 0) is 14.8 Å². The first-order valence-electron chi connectivity index (χ1n) is 8.71. The summed E-state index contributed by atoms with van der Waals surface area (Å²) >= 11 is 0. The normalized spacial score (nSPS) is 28.5. The van der Waals surface area contributed by atoms with Gasteiger partial charge in [-0.25, -0.2) is 8.42 Å². The minimum Gasteiger partial charge on any atom is -0.299 e. The Balaban J connectivity index is 1.80. The Morgan fingerprint density at radius 3 is 2.29 bits per heavy atom. The summed E-state index contributed by atoms with van der Waals surface area (Å²) in [6, 6.07) is 7.47. The largest absolute Gasteiger partial charge is 0.299 e. The summed E-state index contributed by atoms with van der Waals surface area (Å²) in [5.74, 6) is 0.755. The molecule has 0 saturated heterocycles. The van der Waals surface area contributed by atoms with Gasteiger partial charge in [-0.1, -0.05) is 39.8 Å². The zero-order chi connectivity index (χ0) is 17.8. The van der Waals surface area contributed by atoms with Gasteiger partial charge in [-0.2, -0.15) is 0 Å². The van der Waals surface area contributed by atoms with Gasteiger partial charge in [-0.3, -0.25) is 9.52 Å². The number of sulfonamides is 1. The second-order valence-electron chi connectivity index (χ2n) is 8.30. The number of carbonyl (C=O) groups is 1. The van der Waals surface area contributed by atoms with E-state index in [1.165, 1.54) is 5.56 Å². The molecule has 0 aromatic heterocycles. The summed E-state index contributed by atoms with van der Waals surface area (Å²) in [7, 11) is -3.57. The van der Waals surface area contributed by atoms with Gasteiger partial charge in [0, 0.05) is 12.1 Å². The maximum Gasteiger partial charge on any atom is 0.233 e. The Bertz CT molecular complexity index is 749. The molecule has 0 radical (unpaired) electrons. The van der Waals surface area contributed by atoms with Crippen molar-refractivity contribution in [2.24, 2.45) is 16.7 Å². The van der Waals surface area contributed by atoms with Gasteiger partial charge in [0.1, 0.15) is 5.78 Å². The van der Waals surface area contributed by atoms with Crippen LogP contribution in [0.4, 0.5) is 5.69 Å². The van der Waals surface area contributed by atoms with Crippen molar-refractivity contribution in [2.45, 2.75) is 52.9 Å². The highest BCUT2D eigenvalue weighted by molar-refractivity contribution is 7.92. The van der Waals surface area contributed by atoms with E-state index in [0.29, 0.717) is 30.4 Å². The molecule has 1 aromatic carbocycles. The Kier molecular flexibility index (Phi) is 4.06. The number of carbonyl (C=O) groups excluding carboxylic acids is 1. The van der Waals surface area contributed by atoms with Crippen LogP contribution in [0.2, 0.25) is 0 Å². The highest BCUT2D eigenvalue weighted by atomic mass is 32.2. The van der Waals surface area contributed by atoms with Crippen molar-refractivity contribution in [1.82, 2.24) is 0 Å². The predicted molar refractivity (Wildman–Crippen MR) is 96.5 cm³/mol. The fourth-order valence-electron chi connectivity index (χ4n) is 4.58. The summed E-state index contributed by atoms with van der Waals surface area (Å²) in [5, 5.41) is 0. The van der Waals surface area contributed by atoms with Gasteiger partial charge in [0.15, 0.2) is 0 Å². The van der Waals surface area contributed by atoms with Crippen molar-refractivity contribution in [2.75, 3.05) is 10.5 Å². The first-order chi connectivity index (χ1) is 11.1. The molecule has 1 N–H and O–H groups in total. The first kappa shape index (κ1) is 17.5. The molecule has 0 aliphatic heterocycles. The van der Waals surface area contributed by atoms with Gasteiger partial charge in [0.2, 0.25) is 10.0 Å². The minimum absolute atomic E-state index is 0.103. The molecule has 0 amide bonds. The zero-order valence-electron chi connectivity index (χ0n) is 14.9. The van der Waals surface area contributed by atoms with Crippen molar-refractivity contribution < 1.29 is 13.2 Å². The van der Waals surface area contributed by atoms with Crippen molar-refractivity contribution in [3.63, 3.8) is 0 Å². The molecule has 2 atom stereocenters. The zero-order valence-corrected chi connectivity index (χ0v) is 15.7. The molecular formula is C19H27NO3S. The quantitative estimate of drug-likeness (QED) is 0.875. The van der Waals surface area contributed by atoms with E-state index in [2.05, 4.69) is 32.4 Å². The van der Waals surface area contributed by atoms with Crippen LogP contribution in [0.5, 0.6) is 0 Å². The monoisotopic (exact) mass is 349 g/mol. The molecule has 3 rings (SSSR count). The molecule has 2 fully saturated rings. The molecule has 132 valence electrons. The van der Waals surface area contributed by atoms with Gasteiger partial charge in [-0.15, -0.1) is 0 Å². The highest BCUT2D eigenvalue weighted by Gasteiger charge is 2.65. The lowest BCUT2D eigenvalue weighted by Crippen LogP contribution is -2.43. The van der Waals surface area contributed by atoms with Gasteiger partial charge < -0.3 is 0 Å². The molecule has 0 heterocycles. The lowest BCUT2D eigenvalue weighted by molar-refractivity contribution is -0.128. The molecule has 0 spiro atoms. The number of Topliss-reactive ketones (excluding diaryl/α,β-unsaturated/α-hetero) is 1. The van der Waals surface area contributed by atoms with E-state index in [1.54, 1.807) is 12.1 Å². The summed E-state index contributed by atoms with van der Waals surface area (Å²) in [6.07, 6.45) is 2.18. The van der Waals surface area contributed by atoms with Gasteiger partial charge in [0.25, 0.3) is 0 Å². The Labute approximate surface area is 145 Å². The van der Waals surface area contributed by atoms with Crippen LogP contribution in [0, 0.1) is 16.7 Å². The number of hydrogen-bond donors (Lipinski definition) is 1. The van der Waals surface area contributed by atoms with Crippen LogP contribution in [0.15, 0.2) is 24.3 Å². The van der Waals surface area contributed by atoms with Gasteiger partial charge >= 0.3 is 0 Å². The fraction of sp³-hybridized carbons (Fsp3) is 0.632. The maximum atomic E-state index is 12.7. The molecule has 24 heavy (non-hydrogen) atoms. The molecule has 1 aromatic rings. The van der Waals surface area contributed by atoms with Gasteiger partial charge in [0.05, 0.1) is 11.2 Å². The molecule has 2 aliphatic rings. The number of nitrogens with one attached hydrogen (secondary N) is 1.